The number of hydrogen-bond donors (Lipinski definition) is 1. The number of aryl methyl sites for hydroxylation is 1. The molecular weight excluding hydrogens is 338 g/mol. The molecule has 4 aromatic rings. The fourth-order valence-corrected chi connectivity index (χ4v) is 3.54. The minimum Gasteiger partial charge on any atom is -0.497 e. The number of rotatable bonds is 4. The Morgan fingerprint density at radius 1 is 1.28 bits per heavy atom. The van der Waals surface area contributed by atoms with Crippen molar-refractivity contribution >= 4 is 43.6 Å². The van der Waals surface area contributed by atoms with Crippen LogP contribution in [0.2, 0.25) is 0 Å². The minimum absolute atomic E-state index is 0.135. The summed E-state index contributed by atoms with van der Waals surface area (Å²) >= 11 is 1.41. The van der Waals surface area contributed by atoms with Gasteiger partial charge in [-0.05, 0) is 37.3 Å². The van der Waals surface area contributed by atoms with E-state index in [-0.39, 0.29) is 12.3 Å². The van der Waals surface area contributed by atoms with Crippen LogP contribution in [0.25, 0.3) is 21.2 Å². The molecule has 0 unspecified atom stereocenters. The molecule has 0 saturated carbocycles. The van der Waals surface area contributed by atoms with Gasteiger partial charge in [-0.1, -0.05) is 28.1 Å². The van der Waals surface area contributed by atoms with Crippen LogP contribution in [-0.4, -0.2) is 23.2 Å². The van der Waals surface area contributed by atoms with E-state index in [4.69, 9.17) is 9.26 Å². The van der Waals surface area contributed by atoms with E-state index >= 15 is 0 Å². The zero-order chi connectivity index (χ0) is 17.4. The van der Waals surface area contributed by atoms with Gasteiger partial charge in [0.2, 0.25) is 5.91 Å². The Morgan fingerprint density at radius 3 is 3.00 bits per heavy atom. The van der Waals surface area contributed by atoms with Crippen molar-refractivity contribution in [2.45, 2.75) is 13.3 Å². The summed E-state index contributed by atoms with van der Waals surface area (Å²) in [4.78, 5) is 16.8. The van der Waals surface area contributed by atoms with Crippen molar-refractivity contribution in [2.24, 2.45) is 0 Å². The number of anilines is 1. The number of ether oxygens (including phenoxy) is 1. The molecule has 25 heavy (non-hydrogen) atoms. The number of nitrogens with zero attached hydrogens (tertiary/aromatic N) is 2. The highest BCUT2D eigenvalue weighted by Gasteiger charge is 2.14. The quantitative estimate of drug-likeness (QED) is 0.601. The number of nitrogens with one attached hydrogen (secondary N) is 1. The average Bonchev–Trinajstić information content (AvgIpc) is 3.17. The van der Waals surface area contributed by atoms with Gasteiger partial charge in [-0.15, -0.1) is 0 Å². The average molecular weight is 353 g/mol. The minimum atomic E-state index is -0.178. The summed E-state index contributed by atoms with van der Waals surface area (Å²) < 4.78 is 11.4. The second-order valence-corrected chi connectivity index (χ2v) is 6.74. The molecule has 0 fully saturated rings. The van der Waals surface area contributed by atoms with E-state index in [1.54, 1.807) is 7.11 Å². The second kappa shape index (κ2) is 6.18. The summed E-state index contributed by atoms with van der Waals surface area (Å²) in [7, 11) is 1.62. The van der Waals surface area contributed by atoms with Crippen LogP contribution in [0.3, 0.4) is 0 Å². The molecule has 2 aromatic heterocycles. The van der Waals surface area contributed by atoms with Crippen LogP contribution in [0.1, 0.15) is 11.3 Å². The highest BCUT2D eigenvalue weighted by Crippen LogP contribution is 2.29. The maximum Gasteiger partial charge on any atom is 0.232 e. The van der Waals surface area contributed by atoms with Crippen molar-refractivity contribution in [3.63, 3.8) is 0 Å². The molecule has 2 aromatic carbocycles. The van der Waals surface area contributed by atoms with E-state index < -0.39 is 0 Å². The Morgan fingerprint density at radius 2 is 2.16 bits per heavy atom. The largest absolute Gasteiger partial charge is 0.497 e. The number of hydrogen-bond acceptors (Lipinski definition) is 6. The first kappa shape index (κ1) is 15.6. The molecule has 1 N–H and O–H groups in total. The molecule has 1 amide bonds. The smallest absolute Gasteiger partial charge is 0.232 e. The van der Waals surface area contributed by atoms with Gasteiger partial charge in [0, 0.05) is 5.39 Å². The molecule has 0 bridgehead atoms. The normalized spacial score (nSPS) is 11.1. The van der Waals surface area contributed by atoms with Gasteiger partial charge in [-0.25, -0.2) is 4.98 Å². The van der Waals surface area contributed by atoms with E-state index in [1.807, 2.05) is 43.3 Å². The van der Waals surface area contributed by atoms with Gasteiger partial charge in [0.05, 0.1) is 23.7 Å². The first-order valence-electron chi connectivity index (χ1n) is 7.72. The first-order chi connectivity index (χ1) is 12.1. The highest BCUT2D eigenvalue weighted by molar-refractivity contribution is 7.22. The Kier molecular flexibility index (Phi) is 3.85. The van der Waals surface area contributed by atoms with Crippen molar-refractivity contribution in [3.05, 3.63) is 47.7 Å². The third kappa shape index (κ3) is 3.06. The molecule has 0 saturated heterocycles. The molecule has 0 aliphatic heterocycles. The molecule has 2 heterocycles. The number of aromatic nitrogens is 2. The standard InChI is InChI=1S/C18H15N3O3S/c1-10-3-6-15-12(7-10)14(21-24-15)9-17(22)20-18-19-13-5-4-11(23-2)8-16(13)25-18/h3-8H,9H2,1-2H3,(H,19,20,22). The van der Waals surface area contributed by atoms with Crippen molar-refractivity contribution in [1.82, 2.24) is 10.1 Å². The molecule has 0 atom stereocenters. The predicted molar refractivity (Wildman–Crippen MR) is 97.3 cm³/mol. The van der Waals surface area contributed by atoms with Gasteiger partial charge in [-0.3, -0.25) is 4.79 Å². The van der Waals surface area contributed by atoms with Crippen molar-refractivity contribution in [1.29, 1.82) is 0 Å². The lowest BCUT2D eigenvalue weighted by Crippen LogP contribution is -2.14. The van der Waals surface area contributed by atoms with Crippen LogP contribution < -0.4 is 10.1 Å². The number of amides is 1. The lowest BCUT2D eigenvalue weighted by atomic mass is 10.1. The molecule has 7 heteroatoms. The summed E-state index contributed by atoms with van der Waals surface area (Å²) in [5, 5.41) is 8.26. The van der Waals surface area contributed by atoms with E-state index in [0.717, 1.165) is 26.9 Å². The van der Waals surface area contributed by atoms with E-state index in [2.05, 4.69) is 15.5 Å². The molecule has 0 aliphatic rings. The van der Waals surface area contributed by atoms with Crippen LogP contribution in [0, 0.1) is 6.92 Å². The van der Waals surface area contributed by atoms with Crippen molar-refractivity contribution in [3.8, 4) is 5.75 Å². The summed E-state index contributed by atoms with van der Waals surface area (Å²) in [6.07, 6.45) is 0.135. The Hall–Kier alpha value is -2.93. The molecule has 6 nitrogen and oxygen atoms in total. The Labute approximate surface area is 147 Å². The van der Waals surface area contributed by atoms with E-state index in [1.165, 1.54) is 11.3 Å². The summed E-state index contributed by atoms with van der Waals surface area (Å²) in [6, 6.07) is 11.4. The van der Waals surface area contributed by atoms with Gasteiger partial charge < -0.3 is 14.6 Å². The lowest BCUT2D eigenvalue weighted by Gasteiger charge is -1.99. The lowest BCUT2D eigenvalue weighted by molar-refractivity contribution is -0.115. The van der Waals surface area contributed by atoms with Crippen LogP contribution >= 0.6 is 11.3 Å². The van der Waals surface area contributed by atoms with Crippen LogP contribution in [0.4, 0.5) is 5.13 Å². The number of thiazole rings is 1. The number of methoxy groups -OCH3 is 1. The fourth-order valence-electron chi connectivity index (χ4n) is 2.63. The van der Waals surface area contributed by atoms with Crippen LogP contribution in [0.15, 0.2) is 40.9 Å². The number of fused-ring (bicyclic) bond motifs is 2. The zero-order valence-electron chi connectivity index (χ0n) is 13.7. The number of carbonyl (C=O) groups is 1. The first-order valence-corrected chi connectivity index (χ1v) is 8.53. The third-order valence-electron chi connectivity index (χ3n) is 3.87. The van der Waals surface area contributed by atoms with Gasteiger partial charge >= 0.3 is 0 Å². The molecule has 0 aliphatic carbocycles. The maximum atomic E-state index is 12.4. The Bertz CT molecular complexity index is 1080. The zero-order valence-corrected chi connectivity index (χ0v) is 14.5. The van der Waals surface area contributed by atoms with Crippen LogP contribution in [0.5, 0.6) is 5.75 Å². The molecule has 126 valence electrons. The van der Waals surface area contributed by atoms with Gasteiger partial charge in [0.15, 0.2) is 10.7 Å². The summed E-state index contributed by atoms with van der Waals surface area (Å²) in [6.45, 7) is 1.99. The SMILES string of the molecule is COc1ccc2nc(NC(=O)Cc3noc4ccc(C)cc34)sc2c1. The highest BCUT2D eigenvalue weighted by atomic mass is 32.1. The second-order valence-electron chi connectivity index (χ2n) is 5.71. The summed E-state index contributed by atoms with van der Waals surface area (Å²) in [5.41, 5.74) is 3.22. The van der Waals surface area contributed by atoms with Gasteiger partial charge in [0.25, 0.3) is 0 Å². The van der Waals surface area contributed by atoms with E-state index in [9.17, 15) is 4.79 Å². The van der Waals surface area contributed by atoms with Crippen molar-refractivity contribution in [2.75, 3.05) is 12.4 Å². The topological polar surface area (TPSA) is 77.2 Å². The monoisotopic (exact) mass is 353 g/mol. The van der Waals surface area contributed by atoms with Crippen molar-refractivity contribution < 1.29 is 14.1 Å². The van der Waals surface area contributed by atoms with Crippen LogP contribution in [-0.2, 0) is 11.2 Å². The Balaban J connectivity index is 1.54. The van der Waals surface area contributed by atoms with E-state index in [0.29, 0.717) is 16.4 Å². The van der Waals surface area contributed by atoms with Gasteiger partial charge in [-0.2, -0.15) is 0 Å². The molecule has 0 radical (unpaired) electrons. The molecule has 4 rings (SSSR count). The van der Waals surface area contributed by atoms with Gasteiger partial charge in [0.1, 0.15) is 11.4 Å². The third-order valence-corrected chi connectivity index (χ3v) is 4.80. The number of benzene rings is 2. The molecular formula is C18H15N3O3S. The number of carbonyl (C=O) groups excluding carboxylic acids is 1. The fraction of sp³-hybridized carbons (Fsp3) is 0.167. The molecule has 0 spiro atoms. The maximum absolute atomic E-state index is 12.4. The summed E-state index contributed by atoms with van der Waals surface area (Å²) in [5.74, 6) is 0.584. The predicted octanol–water partition coefficient (Wildman–Crippen LogP) is 3.94.